The van der Waals surface area contributed by atoms with Crippen LogP contribution in [0.15, 0.2) is 58.2 Å². The van der Waals surface area contributed by atoms with Gasteiger partial charge in [0.05, 0.1) is 5.75 Å². The number of thioether (sulfide) groups is 1. The molecule has 0 aliphatic heterocycles. The predicted molar refractivity (Wildman–Crippen MR) is 110 cm³/mol. The summed E-state index contributed by atoms with van der Waals surface area (Å²) in [5, 5.41) is 11.1. The average molecular weight is 398 g/mol. The molecule has 0 unspecified atom stereocenters. The number of amides is 1. The van der Waals surface area contributed by atoms with Crippen molar-refractivity contribution in [3.05, 3.63) is 65.5 Å². The zero-order chi connectivity index (χ0) is 19.9. The van der Waals surface area contributed by atoms with Crippen LogP contribution < -0.4 is 10.1 Å². The van der Waals surface area contributed by atoms with Gasteiger partial charge in [-0.2, -0.15) is 0 Å². The quantitative estimate of drug-likeness (QED) is 0.550. The Kier molecular flexibility index (Phi) is 6.71. The second-order valence-electron chi connectivity index (χ2n) is 6.68. The van der Waals surface area contributed by atoms with Crippen molar-refractivity contribution < 1.29 is 13.9 Å². The number of hydrogen-bond acceptors (Lipinski definition) is 6. The molecule has 1 amide bonds. The molecule has 0 aliphatic carbocycles. The van der Waals surface area contributed by atoms with E-state index < -0.39 is 0 Å². The Labute approximate surface area is 168 Å². The van der Waals surface area contributed by atoms with Gasteiger partial charge in [0.2, 0.25) is 5.91 Å². The second-order valence-corrected chi connectivity index (χ2v) is 7.61. The molecule has 7 heteroatoms. The Morgan fingerprint density at radius 3 is 2.68 bits per heavy atom. The van der Waals surface area contributed by atoms with Crippen LogP contribution in [0.1, 0.15) is 36.8 Å². The molecule has 3 rings (SSSR count). The maximum absolute atomic E-state index is 12.0. The molecule has 0 radical (unpaired) electrons. The third-order valence-corrected chi connectivity index (χ3v) is 4.80. The molecule has 0 bridgehead atoms. The predicted octanol–water partition coefficient (Wildman–Crippen LogP) is 4.81. The first-order valence-corrected chi connectivity index (χ1v) is 10.0. The normalized spacial score (nSPS) is 10.9. The summed E-state index contributed by atoms with van der Waals surface area (Å²) < 4.78 is 11.2. The SMILES string of the molecule is Cc1cccc(NC(=O)CSc2nnc(COc3ccc(C(C)C)cc3)o2)c1. The Hall–Kier alpha value is -2.80. The number of ether oxygens (including phenoxy) is 1. The fourth-order valence-electron chi connectivity index (χ4n) is 2.50. The highest BCUT2D eigenvalue weighted by atomic mass is 32.2. The van der Waals surface area contributed by atoms with E-state index in [1.165, 1.54) is 17.3 Å². The van der Waals surface area contributed by atoms with Crippen molar-refractivity contribution in [1.29, 1.82) is 0 Å². The van der Waals surface area contributed by atoms with E-state index in [0.29, 0.717) is 17.0 Å². The molecule has 3 aromatic rings. The van der Waals surface area contributed by atoms with Gasteiger partial charge in [0.25, 0.3) is 11.1 Å². The molecular weight excluding hydrogens is 374 g/mol. The summed E-state index contributed by atoms with van der Waals surface area (Å²) in [6.07, 6.45) is 0. The molecule has 1 heterocycles. The molecule has 6 nitrogen and oxygen atoms in total. The molecule has 2 aromatic carbocycles. The summed E-state index contributed by atoms with van der Waals surface area (Å²) in [5.74, 6) is 1.65. The van der Waals surface area contributed by atoms with E-state index in [0.717, 1.165) is 17.0 Å². The van der Waals surface area contributed by atoms with Gasteiger partial charge in [-0.3, -0.25) is 4.79 Å². The van der Waals surface area contributed by atoms with E-state index in [1.807, 2.05) is 55.5 Å². The van der Waals surface area contributed by atoms with Crippen LogP contribution in [0, 0.1) is 6.92 Å². The van der Waals surface area contributed by atoms with Crippen molar-refractivity contribution in [2.24, 2.45) is 0 Å². The van der Waals surface area contributed by atoms with Gasteiger partial charge in [0.1, 0.15) is 5.75 Å². The maximum Gasteiger partial charge on any atom is 0.277 e. The fourth-order valence-corrected chi connectivity index (χ4v) is 3.08. The maximum atomic E-state index is 12.0. The number of carbonyl (C=O) groups is 1. The van der Waals surface area contributed by atoms with Crippen LogP contribution in [0.25, 0.3) is 0 Å². The van der Waals surface area contributed by atoms with Crippen LogP contribution in [0.4, 0.5) is 5.69 Å². The van der Waals surface area contributed by atoms with E-state index in [-0.39, 0.29) is 18.3 Å². The molecule has 28 heavy (non-hydrogen) atoms. The first-order chi connectivity index (χ1) is 13.5. The van der Waals surface area contributed by atoms with Gasteiger partial charge in [-0.1, -0.05) is 49.9 Å². The van der Waals surface area contributed by atoms with Gasteiger partial charge in [-0.15, -0.1) is 10.2 Å². The number of aryl methyl sites for hydroxylation is 1. The van der Waals surface area contributed by atoms with Crippen LogP contribution in [-0.4, -0.2) is 21.9 Å². The third-order valence-electron chi connectivity index (χ3n) is 3.99. The first-order valence-electron chi connectivity index (χ1n) is 9.04. The minimum atomic E-state index is -0.128. The highest BCUT2D eigenvalue weighted by Crippen LogP contribution is 2.21. The highest BCUT2D eigenvalue weighted by Gasteiger charge is 2.11. The number of hydrogen-bond donors (Lipinski definition) is 1. The van der Waals surface area contributed by atoms with Crippen molar-refractivity contribution in [2.45, 2.75) is 38.5 Å². The second kappa shape index (κ2) is 9.41. The molecule has 1 N–H and O–H groups in total. The Morgan fingerprint density at radius 1 is 1.18 bits per heavy atom. The lowest BCUT2D eigenvalue weighted by atomic mass is 10.0. The van der Waals surface area contributed by atoms with Crippen molar-refractivity contribution >= 4 is 23.4 Å². The summed E-state index contributed by atoms with van der Waals surface area (Å²) in [7, 11) is 0. The van der Waals surface area contributed by atoms with E-state index >= 15 is 0 Å². The Balaban J connectivity index is 1.45. The number of nitrogens with zero attached hydrogens (tertiary/aromatic N) is 2. The zero-order valence-corrected chi connectivity index (χ0v) is 17.0. The molecule has 0 saturated heterocycles. The largest absolute Gasteiger partial charge is 0.484 e. The standard InChI is InChI=1S/C21H23N3O3S/c1-14(2)16-7-9-18(10-8-16)26-12-20-23-24-21(27-20)28-13-19(25)22-17-6-4-5-15(3)11-17/h4-11,14H,12-13H2,1-3H3,(H,22,25). The molecule has 0 saturated carbocycles. The van der Waals surface area contributed by atoms with Gasteiger partial charge in [0, 0.05) is 5.69 Å². The summed E-state index contributed by atoms with van der Waals surface area (Å²) in [6, 6.07) is 15.6. The van der Waals surface area contributed by atoms with Crippen LogP contribution in [-0.2, 0) is 11.4 Å². The average Bonchev–Trinajstić information content (AvgIpc) is 3.13. The van der Waals surface area contributed by atoms with Gasteiger partial charge in [-0.25, -0.2) is 0 Å². The smallest absolute Gasteiger partial charge is 0.277 e. The summed E-state index contributed by atoms with van der Waals surface area (Å²) in [6.45, 7) is 6.46. The van der Waals surface area contributed by atoms with Crippen LogP contribution in [0.3, 0.4) is 0 Å². The van der Waals surface area contributed by atoms with Gasteiger partial charge < -0.3 is 14.5 Å². The van der Waals surface area contributed by atoms with Gasteiger partial charge in [0.15, 0.2) is 6.61 Å². The van der Waals surface area contributed by atoms with Crippen molar-refractivity contribution in [2.75, 3.05) is 11.1 Å². The number of nitrogens with one attached hydrogen (secondary N) is 1. The molecule has 1 aromatic heterocycles. The lowest BCUT2D eigenvalue weighted by molar-refractivity contribution is -0.113. The van der Waals surface area contributed by atoms with Gasteiger partial charge in [-0.05, 0) is 48.2 Å². The lowest BCUT2D eigenvalue weighted by Crippen LogP contribution is -2.13. The summed E-state index contributed by atoms with van der Waals surface area (Å²) >= 11 is 1.19. The third kappa shape index (κ3) is 5.85. The molecule has 0 atom stereocenters. The van der Waals surface area contributed by atoms with Crippen molar-refractivity contribution in [3.8, 4) is 5.75 Å². The van der Waals surface area contributed by atoms with Crippen molar-refractivity contribution in [1.82, 2.24) is 10.2 Å². The number of anilines is 1. The van der Waals surface area contributed by atoms with E-state index in [4.69, 9.17) is 9.15 Å². The monoisotopic (exact) mass is 397 g/mol. The van der Waals surface area contributed by atoms with Gasteiger partial charge >= 0.3 is 0 Å². The molecule has 146 valence electrons. The molecule has 0 spiro atoms. The van der Waals surface area contributed by atoms with E-state index in [9.17, 15) is 4.79 Å². The number of carbonyl (C=O) groups excluding carboxylic acids is 1. The number of benzene rings is 2. The Bertz CT molecular complexity index is 923. The summed E-state index contributed by atoms with van der Waals surface area (Å²) in [4.78, 5) is 12.0. The number of aromatic nitrogens is 2. The van der Waals surface area contributed by atoms with Crippen LogP contribution >= 0.6 is 11.8 Å². The van der Waals surface area contributed by atoms with E-state index in [1.54, 1.807) is 0 Å². The topological polar surface area (TPSA) is 77.2 Å². The zero-order valence-electron chi connectivity index (χ0n) is 16.1. The molecule has 0 aliphatic rings. The fraction of sp³-hybridized carbons (Fsp3) is 0.286. The molecule has 0 fully saturated rings. The molecular formula is C21H23N3O3S. The first kappa shape index (κ1) is 19.9. The number of rotatable bonds is 8. The highest BCUT2D eigenvalue weighted by molar-refractivity contribution is 7.99. The van der Waals surface area contributed by atoms with Crippen molar-refractivity contribution in [3.63, 3.8) is 0 Å². The van der Waals surface area contributed by atoms with Crippen LogP contribution in [0.2, 0.25) is 0 Å². The lowest BCUT2D eigenvalue weighted by Gasteiger charge is -2.07. The Morgan fingerprint density at radius 2 is 1.96 bits per heavy atom. The summed E-state index contributed by atoms with van der Waals surface area (Å²) in [5.41, 5.74) is 3.12. The van der Waals surface area contributed by atoms with Crippen LogP contribution in [0.5, 0.6) is 5.75 Å². The minimum absolute atomic E-state index is 0.128. The van der Waals surface area contributed by atoms with E-state index in [2.05, 4.69) is 29.4 Å². The minimum Gasteiger partial charge on any atom is -0.484 e.